The average Bonchev–Trinajstić information content (AvgIpc) is 2.75. The van der Waals surface area contributed by atoms with Gasteiger partial charge in [-0.2, -0.15) is 4.31 Å². The maximum atomic E-state index is 13.3. The Balaban J connectivity index is 1.83. The molecule has 0 heterocycles. The van der Waals surface area contributed by atoms with Crippen LogP contribution in [0.2, 0.25) is 0 Å². The average molecular weight is 501 g/mol. The minimum atomic E-state index is -3.82. The first-order chi connectivity index (χ1) is 14.8. The largest absolute Gasteiger partial charge is 0.324 e. The first-order valence-electron chi connectivity index (χ1n) is 9.93. The van der Waals surface area contributed by atoms with Crippen LogP contribution in [0, 0.1) is 13.8 Å². The zero-order valence-corrected chi connectivity index (χ0v) is 19.9. The van der Waals surface area contributed by atoms with Crippen LogP contribution in [0.25, 0.3) is 0 Å². The molecule has 0 aliphatic heterocycles. The van der Waals surface area contributed by atoms with E-state index in [-0.39, 0.29) is 23.9 Å². The molecule has 0 saturated heterocycles. The standard InChI is InChI=1S/C24H25BrN2O3S/c1-18-15-21(25)16-19(2)24(18)26-23(28)17-27(14-13-20-9-5-3-6-10-20)31(29,30)22-11-7-4-8-12-22/h3-12,15-16H,13-14,17H2,1-2H3,(H,26,28). The second-order valence-corrected chi connectivity index (χ2v) is 10.2. The fourth-order valence-electron chi connectivity index (χ4n) is 3.37. The Labute approximate surface area is 192 Å². The molecule has 0 saturated carbocycles. The number of sulfonamides is 1. The molecule has 0 aliphatic rings. The summed E-state index contributed by atoms with van der Waals surface area (Å²) in [5, 5.41) is 2.89. The van der Waals surface area contributed by atoms with Crippen LogP contribution in [0.1, 0.15) is 16.7 Å². The van der Waals surface area contributed by atoms with Crippen LogP contribution in [0.4, 0.5) is 5.69 Å². The normalized spacial score (nSPS) is 11.5. The third-order valence-corrected chi connectivity index (χ3v) is 7.27. The van der Waals surface area contributed by atoms with Crippen molar-refractivity contribution < 1.29 is 13.2 Å². The molecule has 3 rings (SSSR count). The summed E-state index contributed by atoms with van der Waals surface area (Å²) in [7, 11) is -3.82. The second-order valence-electron chi connectivity index (χ2n) is 7.35. The fraction of sp³-hybridized carbons (Fsp3) is 0.208. The Morgan fingerprint density at radius 1 is 0.935 bits per heavy atom. The summed E-state index contributed by atoms with van der Waals surface area (Å²) < 4.78 is 28.7. The first-order valence-corrected chi connectivity index (χ1v) is 12.2. The molecule has 0 fully saturated rings. The van der Waals surface area contributed by atoms with Crippen LogP contribution in [-0.2, 0) is 21.2 Å². The number of aryl methyl sites for hydroxylation is 2. The zero-order valence-electron chi connectivity index (χ0n) is 17.5. The van der Waals surface area contributed by atoms with Gasteiger partial charge in [0.1, 0.15) is 0 Å². The summed E-state index contributed by atoms with van der Waals surface area (Å²) in [6.45, 7) is 3.74. The molecule has 0 unspecified atom stereocenters. The van der Waals surface area contributed by atoms with E-state index in [0.29, 0.717) is 12.1 Å². The van der Waals surface area contributed by atoms with Crippen molar-refractivity contribution in [3.8, 4) is 0 Å². The maximum Gasteiger partial charge on any atom is 0.243 e. The van der Waals surface area contributed by atoms with Crippen molar-refractivity contribution in [3.05, 3.63) is 94.0 Å². The van der Waals surface area contributed by atoms with E-state index < -0.39 is 10.0 Å². The van der Waals surface area contributed by atoms with Crippen molar-refractivity contribution in [2.24, 2.45) is 0 Å². The highest BCUT2D eigenvalue weighted by molar-refractivity contribution is 9.10. The van der Waals surface area contributed by atoms with E-state index in [4.69, 9.17) is 0 Å². The number of carbonyl (C=O) groups is 1. The molecule has 1 amide bonds. The molecule has 0 aliphatic carbocycles. The van der Waals surface area contributed by atoms with Gasteiger partial charge < -0.3 is 5.32 Å². The van der Waals surface area contributed by atoms with Gasteiger partial charge in [0.05, 0.1) is 11.4 Å². The summed E-state index contributed by atoms with van der Waals surface area (Å²) in [6, 6.07) is 21.7. The van der Waals surface area contributed by atoms with Gasteiger partial charge in [0.2, 0.25) is 15.9 Å². The molecule has 5 nitrogen and oxygen atoms in total. The van der Waals surface area contributed by atoms with Gasteiger partial charge in [-0.25, -0.2) is 8.42 Å². The number of anilines is 1. The maximum absolute atomic E-state index is 13.3. The lowest BCUT2D eigenvalue weighted by Crippen LogP contribution is -2.39. The Morgan fingerprint density at radius 2 is 1.48 bits per heavy atom. The Kier molecular flexibility index (Phi) is 7.64. The molecule has 0 radical (unpaired) electrons. The van der Waals surface area contributed by atoms with Gasteiger partial charge >= 0.3 is 0 Å². The van der Waals surface area contributed by atoms with Gasteiger partial charge in [0.15, 0.2) is 0 Å². The van der Waals surface area contributed by atoms with Crippen molar-refractivity contribution in [1.82, 2.24) is 4.31 Å². The quantitative estimate of drug-likeness (QED) is 0.476. The third-order valence-electron chi connectivity index (χ3n) is 4.96. The Bertz CT molecular complexity index is 1130. The summed E-state index contributed by atoms with van der Waals surface area (Å²) in [5.41, 5.74) is 3.52. The van der Waals surface area contributed by atoms with Gasteiger partial charge in [0, 0.05) is 16.7 Å². The minimum absolute atomic E-state index is 0.173. The van der Waals surface area contributed by atoms with Crippen LogP contribution < -0.4 is 5.32 Å². The number of benzene rings is 3. The number of nitrogens with one attached hydrogen (secondary N) is 1. The van der Waals surface area contributed by atoms with Gasteiger partial charge in [-0.3, -0.25) is 4.79 Å². The molecular weight excluding hydrogens is 476 g/mol. The predicted molar refractivity (Wildman–Crippen MR) is 128 cm³/mol. The molecular formula is C24H25BrN2O3S. The Morgan fingerprint density at radius 3 is 2.06 bits per heavy atom. The Hall–Kier alpha value is -2.48. The van der Waals surface area contributed by atoms with Crippen LogP contribution in [-0.4, -0.2) is 31.7 Å². The SMILES string of the molecule is Cc1cc(Br)cc(C)c1NC(=O)CN(CCc1ccccc1)S(=O)(=O)c1ccccc1. The van der Waals surface area contributed by atoms with Crippen LogP contribution in [0.15, 0.2) is 82.2 Å². The number of carbonyl (C=O) groups excluding carboxylic acids is 1. The lowest BCUT2D eigenvalue weighted by atomic mass is 10.1. The van der Waals surface area contributed by atoms with Crippen molar-refractivity contribution in [2.75, 3.05) is 18.4 Å². The molecule has 162 valence electrons. The zero-order chi connectivity index (χ0) is 22.4. The highest BCUT2D eigenvalue weighted by Gasteiger charge is 2.26. The molecule has 3 aromatic carbocycles. The predicted octanol–water partition coefficient (Wildman–Crippen LogP) is 4.94. The fourth-order valence-corrected chi connectivity index (χ4v) is 5.48. The number of amides is 1. The number of hydrogen-bond donors (Lipinski definition) is 1. The first kappa shape index (κ1) is 23.2. The van der Waals surface area contributed by atoms with E-state index in [1.54, 1.807) is 30.3 Å². The van der Waals surface area contributed by atoms with Gasteiger partial charge in [-0.05, 0) is 61.2 Å². The van der Waals surface area contributed by atoms with Crippen molar-refractivity contribution in [1.29, 1.82) is 0 Å². The van der Waals surface area contributed by atoms with Crippen LogP contribution >= 0.6 is 15.9 Å². The van der Waals surface area contributed by atoms with Crippen molar-refractivity contribution in [2.45, 2.75) is 25.2 Å². The van der Waals surface area contributed by atoms with Crippen LogP contribution in [0.5, 0.6) is 0 Å². The number of hydrogen-bond acceptors (Lipinski definition) is 3. The van der Waals surface area contributed by atoms with E-state index in [9.17, 15) is 13.2 Å². The summed E-state index contributed by atoms with van der Waals surface area (Å²) in [5.74, 6) is -0.374. The highest BCUT2D eigenvalue weighted by Crippen LogP contribution is 2.25. The summed E-state index contributed by atoms with van der Waals surface area (Å²) in [4.78, 5) is 13.0. The highest BCUT2D eigenvalue weighted by atomic mass is 79.9. The molecule has 7 heteroatoms. The molecule has 0 spiro atoms. The molecule has 3 aromatic rings. The smallest absolute Gasteiger partial charge is 0.243 e. The molecule has 31 heavy (non-hydrogen) atoms. The lowest BCUT2D eigenvalue weighted by Gasteiger charge is -2.22. The molecule has 0 aromatic heterocycles. The third kappa shape index (κ3) is 6.03. The van der Waals surface area contributed by atoms with Crippen LogP contribution in [0.3, 0.4) is 0 Å². The minimum Gasteiger partial charge on any atom is -0.324 e. The molecule has 0 atom stereocenters. The van der Waals surface area contributed by atoms with E-state index in [2.05, 4.69) is 21.2 Å². The van der Waals surface area contributed by atoms with E-state index >= 15 is 0 Å². The topological polar surface area (TPSA) is 66.5 Å². The molecule has 0 bridgehead atoms. The van der Waals surface area contributed by atoms with Crippen molar-refractivity contribution in [3.63, 3.8) is 0 Å². The lowest BCUT2D eigenvalue weighted by molar-refractivity contribution is -0.116. The summed E-state index contributed by atoms with van der Waals surface area (Å²) in [6.07, 6.45) is 0.510. The summed E-state index contributed by atoms with van der Waals surface area (Å²) >= 11 is 3.45. The van der Waals surface area contributed by atoms with Gasteiger partial charge in [-0.15, -0.1) is 0 Å². The number of nitrogens with zero attached hydrogens (tertiary/aromatic N) is 1. The van der Waals surface area contributed by atoms with E-state index in [1.165, 1.54) is 4.31 Å². The molecule has 1 N–H and O–H groups in total. The van der Waals surface area contributed by atoms with E-state index in [1.807, 2.05) is 56.3 Å². The van der Waals surface area contributed by atoms with Gasteiger partial charge in [0.25, 0.3) is 0 Å². The van der Waals surface area contributed by atoms with Crippen molar-refractivity contribution >= 4 is 37.5 Å². The van der Waals surface area contributed by atoms with E-state index in [0.717, 1.165) is 21.2 Å². The number of rotatable bonds is 8. The van der Waals surface area contributed by atoms with Gasteiger partial charge in [-0.1, -0.05) is 64.5 Å². The monoisotopic (exact) mass is 500 g/mol. The number of halogens is 1. The second kappa shape index (κ2) is 10.2.